The first-order valence-electron chi connectivity index (χ1n) is 8.95. The highest BCUT2D eigenvalue weighted by Crippen LogP contribution is 2.36. The first-order valence-corrected chi connectivity index (χ1v) is 10.8. The van der Waals surface area contributed by atoms with E-state index < -0.39 is 9.84 Å². The van der Waals surface area contributed by atoms with Crippen molar-refractivity contribution >= 4 is 22.4 Å². The van der Waals surface area contributed by atoms with Crippen LogP contribution in [-0.2, 0) is 25.6 Å². The predicted molar refractivity (Wildman–Crippen MR) is 101 cm³/mol. The fourth-order valence-corrected chi connectivity index (χ4v) is 4.36. The summed E-state index contributed by atoms with van der Waals surface area (Å²) in [5.74, 6) is 0.571. The number of hydrogen-bond donors (Lipinski definition) is 0. The van der Waals surface area contributed by atoms with Crippen LogP contribution in [0.25, 0.3) is 0 Å². The van der Waals surface area contributed by atoms with Gasteiger partial charge in [0.1, 0.15) is 0 Å². The Labute approximate surface area is 151 Å². The molecule has 2 aliphatic heterocycles. The molecule has 0 saturated carbocycles. The van der Waals surface area contributed by atoms with Gasteiger partial charge in [0.2, 0.25) is 0 Å². The minimum atomic E-state index is -2.80. The molecule has 0 atom stereocenters. The molecule has 7 heteroatoms. The molecule has 0 N–H and O–H groups in total. The Morgan fingerprint density at radius 2 is 1.52 bits per heavy atom. The summed E-state index contributed by atoms with van der Waals surface area (Å²) in [4.78, 5) is 2.23. The fourth-order valence-electron chi connectivity index (χ4n) is 3.08. The third kappa shape index (κ3) is 4.27. The fraction of sp³-hybridized carbons (Fsp3) is 0.667. The van der Waals surface area contributed by atoms with E-state index in [2.05, 4.69) is 56.9 Å². The molecule has 1 aromatic rings. The summed E-state index contributed by atoms with van der Waals surface area (Å²) < 4.78 is 35.1. The second kappa shape index (κ2) is 6.69. The molecular weight excluding hydrogens is 337 g/mol. The van der Waals surface area contributed by atoms with E-state index in [0.717, 1.165) is 18.4 Å². The summed E-state index contributed by atoms with van der Waals surface area (Å²) in [5.41, 5.74) is 1.62. The molecule has 0 aliphatic carbocycles. The van der Waals surface area contributed by atoms with E-state index in [-0.39, 0.29) is 29.8 Å². The van der Waals surface area contributed by atoms with Crippen molar-refractivity contribution in [2.45, 2.75) is 45.3 Å². The molecule has 138 valence electrons. The van der Waals surface area contributed by atoms with E-state index in [9.17, 15) is 8.42 Å². The van der Waals surface area contributed by atoms with E-state index in [1.807, 2.05) is 0 Å². The maximum Gasteiger partial charge on any atom is 0.494 e. The zero-order chi connectivity index (χ0) is 18.3. The number of hydrogen-bond acceptors (Lipinski definition) is 5. The smallest absolute Gasteiger partial charge is 0.399 e. The lowest BCUT2D eigenvalue weighted by Gasteiger charge is -2.32. The van der Waals surface area contributed by atoms with Gasteiger partial charge in [0.05, 0.1) is 22.7 Å². The van der Waals surface area contributed by atoms with Crippen molar-refractivity contribution in [2.75, 3.05) is 31.1 Å². The normalized spacial score (nSPS) is 25.2. The average molecular weight is 365 g/mol. The third-order valence-electron chi connectivity index (χ3n) is 5.66. The van der Waals surface area contributed by atoms with Crippen LogP contribution in [0.1, 0.15) is 33.3 Å². The van der Waals surface area contributed by atoms with Crippen molar-refractivity contribution in [3.05, 3.63) is 29.8 Å². The van der Waals surface area contributed by atoms with Crippen molar-refractivity contribution in [1.82, 2.24) is 4.90 Å². The third-order valence-corrected chi connectivity index (χ3v) is 7.27. The highest BCUT2D eigenvalue weighted by molar-refractivity contribution is 7.91. The lowest BCUT2D eigenvalue weighted by atomic mass is 9.79. The Hall–Kier alpha value is -0.885. The topological polar surface area (TPSA) is 55.8 Å². The number of sulfone groups is 1. The van der Waals surface area contributed by atoms with Gasteiger partial charge in [-0.05, 0) is 45.1 Å². The highest BCUT2D eigenvalue weighted by Gasteiger charge is 2.51. The summed E-state index contributed by atoms with van der Waals surface area (Å²) in [6.45, 7) is 10.4. The minimum Gasteiger partial charge on any atom is -0.399 e. The average Bonchev–Trinajstić information content (AvgIpc) is 2.75. The maximum atomic E-state index is 11.5. The number of rotatable bonds is 4. The molecule has 5 nitrogen and oxygen atoms in total. The number of nitrogens with zero attached hydrogens (tertiary/aromatic N) is 1. The van der Waals surface area contributed by atoms with E-state index in [1.165, 1.54) is 5.56 Å². The van der Waals surface area contributed by atoms with E-state index in [4.69, 9.17) is 9.31 Å². The minimum absolute atomic E-state index is 0.286. The Bertz CT molecular complexity index is 685. The second-order valence-corrected chi connectivity index (χ2v) is 10.4. The molecule has 0 bridgehead atoms. The van der Waals surface area contributed by atoms with Gasteiger partial charge < -0.3 is 14.2 Å². The van der Waals surface area contributed by atoms with E-state index in [0.29, 0.717) is 13.1 Å². The SMILES string of the molecule is CC1(C)OB(c2ccc(CCN3CCS(=O)(=O)CC3)cc2)OC1(C)C. The molecule has 25 heavy (non-hydrogen) atoms. The first kappa shape index (κ1) is 18.9. The summed E-state index contributed by atoms with van der Waals surface area (Å²) in [5, 5.41) is 0. The second-order valence-electron chi connectivity index (χ2n) is 8.07. The molecule has 0 spiro atoms. The van der Waals surface area contributed by atoms with Gasteiger partial charge in [0.15, 0.2) is 9.84 Å². The van der Waals surface area contributed by atoms with Gasteiger partial charge in [-0.3, -0.25) is 0 Å². The molecule has 0 radical (unpaired) electrons. The van der Waals surface area contributed by atoms with Crippen LogP contribution < -0.4 is 5.46 Å². The van der Waals surface area contributed by atoms with Gasteiger partial charge in [-0.1, -0.05) is 24.3 Å². The Morgan fingerprint density at radius 1 is 1.00 bits per heavy atom. The molecule has 0 unspecified atom stereocenters. The van der Waals surface area contributed by atoms with Crippen LogP contribution in [0, 0.1) is 0 Å². The number of benzene rings is 1. The van der Waals surface area contributed by atoms with Crippen molar-refractivity contribution in [2.24, 2.45) is 0 Å². The Morgan fingerprint density at radius 3 is 2.04 bits per heavy atom. The standard InChI is InChI=1S/C18H28BNO4S/c1-17(2)18(3,4)24-19(23-17)16-7-5-15(6-8-16)9-10-20-11-13-25(21,22)14-12-20/h5-8H,9-14H2,1-4H3. The zero-order valence-electron chi connectivity index (χ0n) is 15.6. The Balaban J connectivity index is 1.55. The molecule has 2 aliphatic rings. The lowest BCUT2D eigenvalue weighted by molar-refractivity contribution is 0.00578. The molecule has 0 aromatic heterocycles. The van der Waals surface area contributed by atoms with Crippen LogP contribution in [-0.4, -0.2) is 62.8 Å². The monoisotopic (exact) mass is 365 g/mol. The van der Waals surface area contributed by atoms with E-state index in [1.54, 1.807) is 0 Å². The van der Waals surface area contributed by atoms with Crippen LogP contribution in [0.15, 0.2) is 24.3 Å². The molecule has 2 heterocycles. The maximum absolute atomic E-state index is 11.5. The van der Waals surface area contributed by atoms with Gasteiger partial charge >= 0.3 is 7.12 Å². The quantitative estimate of drug-likeness (QED) is 0.752. The van der Waals surface area contributed by atoms with Crippen LogP contribution >= 0.6 is 0 Å². The van der Waals surface area contributed by atoms with Crippen molar-refractivity contribution in [3.8, 4) is 0 Å². The van der Waals surface area contributed by atoms with Gasteiger partial charge in [-0.25, -0.2) is 8.42 Å². The molecule has 1 aromatic carbocycles. The Kier molecular flexibility index (Phi) is 5.05. The molecule has 3 rings (SSSR count). The summed E-state index contributed by atoms with van der Waals surface area (Å²) in [7, 11) is -3.13. The van der Waals surface area contributed by atoms with Gasteiger partial charge in [-0.2, -0.15) is 0 Å². The van der Waals surface area contributed by atoms with Crippen molar-refractivity contribution in [3.63, 3.8) is 0 Å². The lowest BCUT2D eigenvalue weighted by Crippen LogP contribution is -2.41. The molecular formula is C18H28BNO4S. The van der Waals surface area contributed by atoms with Crippen LogP contribution in [0.4, 0.5) is 0 Å². The molecule has 2 fully saturated rings. The van der Waals surface area contributed by atoms with Crippen LogP contribution in [0.5, 0.6) is 0 Å². The van der Waals surface area contributed by atoms with Crippen molar-refractivity contribution in [1.29, 1.82) is 0 Å². The van der Waals surface area contributed by atoms with Crippen LogP contribution in [0.3, 0.4) is 0 Å². The van der Waals surface area contributed by atoms with Crippen LogP contribution in [0.2, 0.25) is 0 Å². The van der Waals surface area contributed by atoms with E-state index >= 15 is 0 Å². The summed E-state index contributed by atoms with van der Waals surface area (Å²) in [6, 6.07) is 8.36. The zero-order valence-corrected chi connectivity index (χ0v) is 16.4. The van der Waals surface area contributed by atoms with Crippen molar-refractivity contribution < 1.29 is 17.7 Å². The summed E-state index contributed by atoms with van der Waals surface area (Å²) in [6.07, 6.45) is 0.920. The first-order chi connectivity index (χ1) is 11.6. The predicted octanol–water partition coefficient (Wildman–Crippen LogP) is 1.26. The van der Waals surface area contributed by atoms with Gasteiger partial charge in [0, 0.05) is 19.6 Å². The summed E-state index contributed by atoms with van der Waals surface area (Å²) >= 11 is 0. The van der Waals surface area contributed by atoms with Gasteiger partial charge in [-0.15, -0.1) is 0 Å². The van der Waals surface area contributed by atoms with Gasteiger partial charge in [0.25, 0.3) is 0 Å². The largest absolute Gasteiger partial charge is 0.494 e. The molecule has 2 saturated heterocycles. The molecule has 0 amide bonds. The highest BCUT2D eigenvalue weighted by atomic mass is 32.2.